The van der Waals surface area contributed by atoms with Crippen molar-refractivity contribution in [2.24, 2.45) is 0 Å². The number of carbonyl (C=O) groups is 2. The molecule has 0 bridgehead atoms. The molecule has 0 saturated carbocycles. The highest BCUT2D eigenvalue weighted by molar-refractivity contribution is 5.89. The standard InChI is InChI=1S/C19H19N3O2/c1-14-5-3-7-18(13-14)22-19(24)20-12-4-6-16-8-10-17(11-9-16)21-15(2)23/h3,5,7-11,13H,12H2,1-2H3,(H,21,23)(H2,20,22,24). The molecule has 24 heavy (non-hydrogen) atoms. The predicted molar refractivity (Wildman–Crippen MR) is 95.8 cm³/mol. The molecule has 0 spiro atoms. The molecule has 0 heterocycles. The Morgan fingerprint density at radius 2 is 1.75 bits per heavy atom. The van der Waals surface area contributed by atoms with Crippen LogP contribution < -0.4 is 16.0 Å². The van der Waals surface area contributed by atoms with Gasteiger partial charge in [-0.15, -0.1) is 0 Å². The van der Waals surface area contributed by atoms with Crippen LogP contribution in [0.1, 0.15) is 18.1 Å². The molecular weight excluding hydrogens is 302 g/mol. The van der Waals surface area contributed by atoms with Crippen molar-refractivity contribution in [3.8, 4) is 11.8 Å². The van der Waals surface area contributed by atoms with E-state index in [1.165, 1.54) is 6.92 Å². The number of carbonyl (C=O) groups excluding carboxylic acids is 2. The van der Waals surface area contributed by atoms with E-state index in [4.69, 9.17) is 0 Å². The number of hydrogen-bond acceptors (Lipinski definition) is 2. The average molecular weight is 321 g/mol. The van der Waals surface area contributed by atoms with Gasteiger partial charge in [0, 0.05) is 23.9 Å². The van der Waals surface area contributed by atoms with Gasteiger partial charge < -0.3 is 16.0 Å². The predicted octanol–water partition coefficient (Wildman–Crippen LogP) is 3.13. The quantitative estimate of drug-likeness (QED) is 0.760. The first-order valence-corrected chi connectivity index (χ1v) is 7.51. The second-order valence-corrected chi connectivity index (χ2v) is 5.24. The van der Waals surface area contributed by atoms with Crippen molar-refractivity contribution in [1.82, 2.24) is 5.32 Å². The molecule has 5 nitrogen and oxygen atoms in total. The average Bonchev–Trinajstić information content (AvgIpc) is 2.52. The minimum atomic E-state index is -0.295. The molecule has 122 valence electrons. The smallest absolute Gasteiger partial charge is 0.319 e. The second kappa shape index (κ2) is 8.39. The van der Waals surface area contributed by atoms with Crippen LogP contribution in [0.15, 0.2) is 48.5 Å². The van der Waals surface area contributed by atoms with Crippen LogP contribution in [0.25, 0.3) is 0 Å². The minimum Gasteiger partial charge on any atom is -0.327 e. The number of rotatable bonds is 3. The van der Waals surface area contributed by atoms with E-state index in [1.54, 1.807) is 12.1 Å². The van der Waals surface area contributed by atoms with Gasteiger partial charge in [0.1, 0.15) is 0 Å². The van der Waals surface area contributed by atoms with Crippen LogP contribution in [0, 0.1) is 18.8 Å². The summed E-state index contributed by atoms with van der Waals surface area (Å²) in [5.74, 6) is 5.72. The van der Waals surface area contributed by atoms with E-state index in [0.29, 0.717) is 0 Å². The normalized spacial score (nSPS) is 9.42. The second-order valence-electron chi connectivity index (χ2n) is 5.24. The minimum absolute atomic E-state index is 0.113. The summed E-state index contributed by atoms with van der Waals surface area (Å²) < 4.78 is 0. The van der Waals surface area contributed by atoms with Crippen molar-refractivity contribution in [2.45, 2.75) is 13.8 Å². The number of hydrogen-bond donors (Lipinski definition) is 3. The van der Waals surface area contributed by atoms with E-state index >= 15 is 0 Å². The van der Waals surface area contributed by atoms with E-state index in [9.17, 15) is 9.59 Å². The molecule has 0 atom stereocenters. The topological polar surface area (TPSA) is 70.2 Å². The van der Waals surface area contributed by atoms with Gasteiger partial charge in [-0.3, -0.25) is 4.79 Å². The molecule has 5 heteroatoms. The van der Waals surface area contributed by atoms with Gasteiger partial charge in [-0.05, 0) is 48.9 Å². The summed E-state index contributed by atoms with van der Waals surface area (Å²) in [6.45, 7) is 3.66. The van der Waals surface area contributed by atoms with Crippen LogP contribution in [0.2, 0.25) is 0 Å². The van der Waals surface area contributed by atoms with Crippen LogP contribution >= 0.6 is 0 Å². The number of aryl methyl sites for hydroxylation is 1. The van der Waals surface area contributed by atoms with Gasteiger partial charge >= 0.3 is 6.03 Å². The molecule has 0 saturated heterocycles. The Bertz CT molecular complexity index is 786. The third-order valence-corrected chi connectivity index (χ3v) is 3.05. The summed E-state index contributed by atoms with van der Waals surface area (Å²) in [6, 6.07) is 14.5. The zero-order chi connectivity index (χ0) is 17.4. The Labute approximate surface area is 141 Å². The van der Waals surface area contributed by atoms with Crippen LogP contribution in [0.5, 0.6) is 0 Å². The fraction of sp³-hybridized carbons (Fsp3) is 0.158. The zero-order valence-electron chi connectivity index (χ0n) is 13.6. The van der Waals surface area contributed by atoms with Gasteiger partial charge in [-0.2, -0.15) is 0 Å². The Morgan fingerprint density at radius 1 is 1.00 bits per heavy atom. The summed E-state index contributed by atoms with van der Waals surface area (Å²) in [7, 11) is 0. The SMILES string of the molecule is CC(=O)Nc1ccc(C#CCNC(=O)Nc2cccc(C)c2)cc1. The van der Waals surface area contributed by atoms with E-state index in [0.717, 1.165) is 22.5 Å². The largest absolute Gasteiger partial charge is 0.327 e. The van der Waals surface area contributed by atoms with Crippen LogP contribution in [0.3, 0.4) is 0 Å². The first-order chi connectivity index (χ1) is 11.5. The molecule has 0 aliphatic rings. The van der Waals surface area contributed by atoms with Gasteiger partial charge in [0.2, 0.25) is 5.91 Å². The van der Waals surface area contributed by atoms with Crippen molar-refractivity contribution >= 4 is 23.3 Å². The molecular formula is C19H19N3O2. The molecule has 0 fully saturated rings. The lowest BCUT2D eigenvalue weighted by atomic mass is 10.2. The zero-order valence-corrected chi connectivity index (χ0v) is 13.6. The van der Waals surface area contributed by atoms with Gasteiger partial charge in [0.25, 0.3) is 0 Å². The number of amides is 3. The van der Waals surface area contributed by atoms with Gasteiger partial charge in [-0.1, -0.05) is 24.0 Å². The molecule has 0 unspecified atom stereocenters. The van der Waals surface area contributed by atoms with Crippen LogP contribution in [0.4, 0.5) is 16.2 Å². The summed E-state index contributed by atoms with van der Waals surface area (Å²) >= 11 is 0. The van der Waals surface area contributed by atoms with Crippen LogP contribution in [-0.4, -0.2) is 18.5 Å². The third kappa shape index (κ3) is 5.85. The van der Waals surface area contributed by atoms with Gasteiger partial charge in [0.05, 0.1) is 6.54 Å². The maximum atomic E-state index is 11.8. The van der Waals surface area contributed by atoms with Crippen molar-refractivity contribution in [3.63, 3.8) is 0 Å². The third-order valence-electron chi connectivity index (χ3n) is 3.05. The van der Waals surface area contributed by atoms with E-state index in [2.05, 4.69) is 27.8 Å². The Kier molecular flexibility index (Phi) is 5.98. The lowest BCUT2D eigenvalue weighted by Gasteiger charge is -2.05. The maximum Gasteiger partial charge on any atom is 0.319 e. The first-order valence-electron chi connectivity index (χ1n) is 7.51. The maximum absolute atomic E-state index is 11.8. The summed E-state index contributed by atoms with van der Waals surface area (Å²) in [4.78, 5) is 22.7. The number of benzene rings is 2. The molecule has 0 aliphatic heterocycles. The van der Waals surface area contributed by atoms with Crippen molar-refractivity contribution < 1.29 is 9.59 Å². The lowest BCUT2D eigenvalue weighted by molar-refractivity contribution is -0.114. The van der Waals surface area contributed by atoms with E-state index in [1.807, 2.05) is 43.3 Å². The molecule has 2 rings (SSSR count). The fourth-order valence-corrected chi connectivity index (χ4v) is 2.01. The monoisotopic (exact) mass is 321 g/mol. The Morgan fingerprint density at radius 3 is 2.42 bits per heavy atom. The van der Waals surface area contributed by atoms with E-state index < -0.39 is 0 Å². The molecule has 2 aromatic rings. The van der Waals surface area contributed by atoms with Crippen molar-refractivity contribution in [1.29, 1.82) is 0 Å². The molecule has 0 radical (unpaired) electrons. The van der Waals surface area contributed by atoms with Gasteiger partial charge in [-0.25, -0.2) is 4.79 Å². The van der Waals surface area contributed by atoms with E-state index in [-0.39, 0.29) is 18.5 Å². The summed E-state index contributed by atoms with van der Waals surface area (Å²) in [5.41, 5.74) is 3.36. The Hall–Kier alpha value is -3.26. The highest BCUT2D eigenvalue weighted by Crippen LogP contribution is 2.09. The fourth-order valence-electron chi connectivity index (χ4n) is 2.01. The van der Waals surface area contributed by atoms with Crippen LogP contribution in [-0.2, 0) is 4.79 Å². The summed E-state index contributed by atoms with van der Waals surface area (Å²) in [6.07, 6.45) is 0. The van der Waals surface area contributed by atoms with Crippen molar-refractivity contribution in [3.05, 3.63) is 59.7 Å². The number of nitrogens with one attached hydrogen (secondary N) is 3. The molecule has 0 aliphatic carbocycles. The van der Waals surface area contributed by atoms with Crippen molar-refractivity contribution in [2.75, 3.05) is 17.2 Å². The first kappa shape index (κ1) is 17.1. The highest BCUT2D eigenvalue weighted by Gasteiger charge is 1.99. The number of urea groups is 1. The summed E-state index contributed by atoms with van der Waals surface area (Å²) in [5, 5.41) is 8.12. The highest BCUT2D eigenvalue weighted by atomic mass is 16.2. The molecule has 0 aromatic heterocycles. The van der Waals surface area contributed by atoms with Gasteiger partial charge in [0.15, 0.2) is 0 Å². The number of anilines is 2. The molecule has 3 amide bonds. The Balaban J connectivity index is 1.80. The molecule has 2 aromatic carbocycles. The molecule has 3 N–H and O–H groups in total. The lowest BCUT2D eigenvalue weighted by Crippen LogP contribution is -2.28.